The van der Waals surface area contributed by atoms with Gasteiger partial charge in [-0.15, -0.1) is 23.1 Å². The van der Waals surface area contributed by atoms with E-state index in [1.165, 1.54) is 21.8 Å². The first kappa shape index (κ1) is 34.5. The normalized spacial score (nSPS) is 16.0. The minimum atomic E-state index is -0.578. The zero-order valence-corrected chi connectivity index (χ0v) is 29.9. The van der Waals surface area contributed by atoms with Crippen molar-refractivity contribution in [1.82, 2.24) is 15.1 Å². The number of nitrogens with zero attached hydrogens (tertiary/aromatic N) is 3. The summed E-state index contributed by atoms with van der Waals surface area (Å²) in [6.07, 6.45) is 2.98. The van der Waals surface area contributed by atoms with E-state index in [0.717, 1.165) is 41.6 Å². The average Bonchev–Trinajstić information content (AvgIpc) is 3.74. The van der Waals surface area contributed by atoms with Gasteiger partial charge in [0.1, 0.15) is 0 Å². The molecule has 2 aliphatic heterocycles. The lowest BCUT2D eigenvalue weighted by Crippen LogP contribution is -2.47. The van der Waals surface area contributed by atoms with Gasteiger partial charge in [-0.3, -0.25) is 24.2 Å². The summed E-state index contributed by atoms with van der Waals surface area (Å²) >= 11 is 3.06. The molecule has 1 saturated heterocycles. The Balaban J connectivity index is 1.21. The Morgan fingerprint density at radius 2 is 1.63 bits per heavy atom. The third kappa shape index (κ3) is 7.20. The van der Waals surface area contributed by atoms with E-state index >= 15 is 0 Å². The maximum Gasteiger partial charge on any atom is 0.264 e. The number of hydrogen-bond acceptors (Lipinski definition) is 9. The van der Waals surface area contributed by atoms with Crippen molar-refractivity contribution in [2.45, 2.75) is 36.1 Å². The zero-order chi connectivity index (χ0) is 34.5. The lowest BCUT2D eigenvalue weighted by atomic mass is 9.99. The highest BCUT2D eigenvalue weighted by Crippen LogP contribution is 2.41. The summed E-state index contributed by atoms with van der Waals surface area (Å²) < 4.78 is 12.1. The van der Waals surface area contributed by atoms with Gasteiger partial charge in [0.05, 0.1) is 46.2 Å². The Bertz CT molecular complexity index is 1800. The highest BCUT2D eigenvalue weighted by molar-refractivity contribution is 8.00. The van der Waals surface area contributed by atoms with Gasteiger partial charge in [0.2, 0.25) is 0 Å². The van der Waals surface area contributed by atoms with E-state index in [0.29, 0.717) is 46.9 Å². The number of amides is 3. The molecule has 49 heavy (non-hydrogen) atoms. The number of rotatable bonds is 13. The first-order valence-corrected chi connectivity index (χ1v) is 18.6. The van der Waals surface area contributed by atoms with E-state index in [9.17, 15) is 14.4 Å². The van der Waals surface area contributed by atoms with E-state index in [1.807, 2.05) is 48.7 Å². The van der Waals surface area contributed by atoms with E-state index in [2.05, 4.69) is 46.3 Å². The molecule has 4 aromatic rings. The van der Waals surface area contributed by atoms with Crippen LogP contribution in [0.15, 0.2) is 83.1 Å². The molecule has 9 nitrogen and oxygen atoms in total. The van der Waals surface area contributed by atoms with E-state index in [4.69, 9.17) is 9.47 Å². The smallest absolute Gasteiger partial charge is 0.264 e. The van der Waals surface area contributed by atoms with Crippen molar-refractivity contribution in [2.24, 2.45) is 0 Å². The number of benzene rings is 3. The van der Waals surface area contributed by atoms with Crippen LogP contribution in [0.4, 0.5) is 5.69 Å². The fraction of sp³-hybridized carbons (Fsp3) is 0.342. The quantitative estimate of drug-likeness (QED) is 0.0915. The van der Waals surface area contributed by atoms with Crippen molar-refractivity contribution in [3.63, 3.8) is 0 Å². The third-order valence-corrected chi connectivity index (χ3v) is 11.6. The van der Waals surface area contributed by atoms with Crippen molar-refractivity contribution in [3.8, 4) is 11.5 Å². The lowest BCUT2D eigenvalue weighted by Gasteiger charge is -2.39. The Morgan fingerprint density at radius 3 is 2.33 bits per heavy atom. The van der Waals surface area contributed by atoms with Crippen LogP contribution in [0.2, 0.25) is 0 Å². The second-order valence-electron chi connectivity index (χ2n) is 12.1. The number of methoxy groups -OCH3 is 2. The molecule has 0 aliphatic carbocycles. The Labute approximate surface area is 296 Å². The van der Waals surface area contributed by atoms with Crippen molar-refractivity contribution in [3.05, 3.63) is 106 Å². The molecular weight excluding hydrogens is 657 g/mol. The minimum Gasteiger partial charge on any atom is -0.493 e. The largest absolute Gasteiger partial charge is 0.493 e. The Hall–Kier alpha value is -4.32. The summed E-state index contributed by atoms with van der Waals surface area (Å²) in [6, 6.07) is 25.1. The van der Waals surface area contributed by atoms with Crippen LogP contribution >= 0.6 is 23.1 Å². The number of thiophene rings is 1. The molecule has 0 spiro atoms. The van der Waals surface area contributed by atoms with Crippen molar-refractivity contribution in [1.29, 1.82) is 0 Å². The van der Waals surface area contributed by atoms with Crippen LogP contribution < -0.4 is 19.7 Å². The summed E-state index contributed by atoms with van der Waals surface area (Å²) in [6.45, 7) is 5.81. The van der Waals surface area contributed by atoms with E-state index in [-0.39, 0.29) is 23.8 Å². The Morgan fingerprint density at radius 1 is 0.878 bits per heavy atom. The molecule has 6 rings (SSSR count). The molecule has 0 unspecified atom stereocenters. The van der Waals surface area contributed by atoms with Gasteiger partial charge in [-0.05, 0) is 73.5 Å². The van der Waals surface area contributed by atoms with Crippen molar-refractivity contribution < 1.29 is 23.9 Å². The molecule has 1 fully saturated rings. The van der Waals surface area contributed by atoms with Crippen LogP contribution in [0.25, 0.3) is 0 Å². The van der Waals surface area contributed by atoms with Gasteiger partial charge in [0, 0.05) is 38.8 Å². The first-order valence-electron chi connectivity index (χ1n) is 16.5. The van der Waals surface area contributed by atoms with Crippen LogP contribution in [0.3, 0.4) is 0 Å². The molecule has 0 saturated carbocycles. The summed E-state index contributed by atoms with van der Waals surface area (Å²) in [5, 5.41) is 3.01. The number of piperazine rings is 1. The maximum atomic E-state index is 14.4. The average molecular weight is 699 g/mol. The molecule has 2 aliphatic rings. The van der Waals surface area contributed by atoms with Crippen LogP contribution in [0, 0.1) is 0 Å². The van der Waals surface area contributed by atoms with Gasteiger partial charge in [-0.2, -0.15) is 0 Å². The molecule has 1 N–H and O–H groups in total. The van der Waals surface area contributed by atoms with E-state index < -0.39 is 6.04 Å². The van der Waals surface area contributed by atoms with Crippen molar-refractivity contribution in [2.75, 3.05) is 58.1 Å². The minimum absolute atomic E-state index is 0.128. The standard InChI is InChI=1S/C38H42N4O5S2/c1-25(26-10-6-5-7-11-26)40-20-22-41(23-21-40)30-13-8-12-28-35(30)38(45)42(37(28)44)29(27-15-16-31(46-2)32(24-27)47-3)14-9-19-39-36(43)33-17-18-34(48-4)49-33/h5-8,10-13,15-18,24-25,29H,9,14,19-23H2,1-4H3,(H,39,43)/t25-,29-/m1/s1. The predicted octanol–water partition coefficient (Wildman–Crippen LogP) is 6.92. The van der Waals surface area contributed by atoms with Gasteiger partial charge < -0.3 is 19.7 Å². The van der Waals surface area contributed by atoms with Crippen molar-refractivity contribution >= 4 is 46.5 Å². The molecule has 0 radical (unpaired) electrons. The summed E-state index contributed by atoms with van der Waals surface area (Å²) in [5.74, 6) is 0.327. The number of carbonyl (C=O) groups is 3. The monoisotopic (exact) mass is 698 g/mol. The number of hydrogen-bond donors (Lipinski definition) is 1. The second kappa shape index (κ2) is 15.5. The molecule has 1 aromatic heterocycles. The lowest BCUT2D eigenvalue weighted by molar-refractivity contribution is 0.0570. The number of carbonyl (C=O) groups excluding carboxylic acids is 3. The molecule has 3 amide bonds. The molecular formula is C38H42N4O5S2. The number of thioether (sulfide) groups is 1. The molecule has 3 aromatic carbocycles. The number of imide groups is 1. The maximum absolute atomic E-state index is 14.4. The fourth-order valence-electron chi connectivity index (χ4n) is 6.77. The van der Waals surface area contributed by atoms with Gasteiger partial charge >= 0.3 is 0 Å². The van der Waals surface area contributed by atoms with Crippen LogP contribution in [0.5, 0.6) is 11.5 Å². The van der Waals surface area contributed by atoms with Gasteiger partial charge in [-0.1, -0.05) is 42.5 Å². The summed E-state index contributed by atoms with van der Waals surface area (Å²) in [4.78, 5) is 48.1. The third-order valence-electron chi connectivity index (χ3n) is 9.46. The molecule has 256 valence electrons. The highest BCUT2D eigenvalue weighted by Gasteiger charge is 2.43. The first-order chi connectivity index (χ1) is 23.8. The van der Waals surface area contributed by atoms with Gasteiger partial charge in [0.25, 0.3) is 17.7 Å². The highest BCUT2D eigenvalue weighted by atomic mass is 32.2. The number of anilines is 1. The second-order valence-corrected chi connectivity index (χ2v) is 14.3. The van der Waals surface area contributed by atoms with Crippen LogP contribution in [-0.4, -0.2) is 80.7 Å². The molecule has 0 bridgehead atoms. The number of fused-ring (bicyclic) bond motifs is 1. The Kier molecular flexibility index (Phi) is 10.9. The van der Waals surface area contributed by atoms with Crippen LogP contribution in [-0.2, 0) is 0 Å². The summed E-state index contributed by atoms with van der Waals surface area (Å²) in [5.41, 5.74) is 3.71. The molecule has 2 atom stereocenters. The molecule has 3 heterocycles. The topological polar surface area (TPSA) is 91.4 Å². The van der Waals surface area contributed by atoms with Gasteiger partial charge in [-0.25, -0.2) is 0 Å². The van der Waals surface area contributed by atoms with Crippen LogP contribution in [0.1, 0.15) is 73.4 Å². The predicted molar refractivity (Wildman–Crippen MR) is 196 cm³/mol. The molecule has 11 heteroatoms. The zero-order valence-electron chi connectivity index (χ0n) is 28.3. The SMILES string of the molecule is COc1ccc([C@@H](CCCNC(=O)c2ccc(SC)s2)N2C(=O)c3cccc(N4CCN([C@H](C)c5ccccc5)CC4)c3C2=O)cc1OC. The van der Waals surface area contributed by atoms with Gasteiger partial charge in [0.15, 0.2) is 11.5 Å². The summed E-state index contributed by atoms with van der Waals surface area (Å²) in [7, 11) is 3.13. The van der Waals surface area contributed by atoms with E-state index in [1.54, 1.807) is 38.1 Å². The number of nitrogens with one attached hydrogen (secondary N) is 1. The number of ether oxygens (including phenoxy) is 2. The fourth-order valence-corrected chi connectivity index (χ4v) is 8.23.